The first kappa shape index (κ1) is 11.9. The number of rotatable bonds is 3. The molecule has 1 aromatic carbocycles. The highest BCUT2D eigenvalue weighted by Gasteiger charge is 2.62. The van der Waals surface area contributed by atoms with Gasteiger partial charge < -0.3 is 9.53 Å². The van der Waals surface area contributed by atoms with Crippen LogP contribution in [0.4, 0.5) is 0 Å². The Balaban J connectivity index is 1.68. The number of benzene rings is 1. The highest BCUT2D eigenvalue weighted by Crippen LogP contribution is 2.62. The Morgan fingerprint density at radius 1 is 1.32 bits per heavy atom. The number of halogens is 1. The summed E-state index contributed by atoms with van der Waals surface area (Å²) in [5.41, 5.74) is 0.901. The van der Waals surface area contributed by atoms with Crippen molar-refractivity contribution in [2.24, 2.45) is 17.8 Å². The number of carbonyl (C=O) groups excluding carboxylic acids is 1. The third-order valence-electron chi connectivity index (χ3n) is 5.02. The number of hydrogen-bond acceptors (Lipinski definition) is 2. The van der Waals surface area contributed by atoms with Crippen molar-refractivity contribution >= 4 is 22.2 Å². The van der Waals surface area contributed by atoms with Crippen molar-refractivity contribution in [3.8, 4) is 0 Å². The van der Waals surface area contributed by atoms with Crippen molar-refractivity contribution in [3.63, 3.8) is 0 Å². The number of ether oxygens (including phenoxy) is 1. The van der Waals surface area contributed by atoms with Crippen LogP contribution >= 0.6 is 15.9 Å². The molecule has 2 fully saturated rings. The zero-order valence-corrected chi connectivity index (χ0v) is 12.0. The van der Waals surface area contributed by atoms with Crippen LogP contribution in [0.5, 0.6) is 0 Å². The third-order valence-corrected chi connectivity index (χ3v) is 5.82. The van der Waals surface area contributed by atoms with Crippen LogP contribution < -0.4 is 0 Å². The molecule has 5 atom stereocenters. The molecule has 1 aromatic rings. The van der Waals surface area contributed by atoms with Gasteiger partial charge in [-0.1, -0.05) is 52.3 Å². The number of allylic oxidation sites excluding steroid dienone is 2. The molecule has 0 bridgehead atoms. The minimum Gasteiger partial charge on any atom is -0.361 e. The van der Waals surface area contributed by atoms with Crippen LogP contribution in [0.1, 0.15) is 17.9 Å². The van der Waals surface area contributed by atoms with Gasteiger partial charge in [0, 0.05) is 11.8 Å². The van der Waals surface area contributed by atoms with Gasteiger partial charge >= 0.3 is 0 Å². The molecule has 1 aliphatic heterocycles. The van der Waals surface area contributed by atoms with Gasteiger partial charge in [-0.2, -0.15) is 0 Å². The Labute approximate surface area is 121 Å². The summed E-state index contributed by atoms with van der Waals surface area (Å²) in [6, 6.07) is 10.6. The van der Waals surface area contributed by atoms with E-state index in [0.717, 1.165) is 12.7 Å². The third kappa shape index (κ3) is 1.61. The van der Waals surface area contributed by atoms with Gasteiger partial charge in [0.15, 0.2) is 6.29 Å². The number of fused-ring (bicyclic) bond motifs is 1. The van der Waals surface area contributed by atoms with Crippen molar-refractivity contribution in [3.05, 3.63) is 46.5 Å². The van der Waals surface area contributed by atoms with Crippen molar-refractivity contribution in [1.82, 2.24) is 0 Å². The summed E-state index contributed by atoms with van der Waals surface area (Å²) >= 11 is 3.65. The van der Waals surface area contributed by atoms with E-state index < -0.39 is 5.60 Å². The SMILES string of the molecule is O=C[C@@]1(C2CC(c3ccccc3)C3C=C(Br)C32)CO1. The van der Waals surface area contributed by atoms with Gasteiger partial charge in [0.2, 0.25) is 0 Å². The molecule has 2 nitrogen and oxygen atoms in total. The maximum atomic E-state index is 11.3. The van der Waals surface area contributed by atoms with E-state index in [0.29, 0.717) is 30.3 Å². The second kappa shape index (κ2) is 4.03. The average molecular weight is 319 g/mol. The molecule has 0 radical (unpaired) electrons. The molecule has 98 valence electrons. The Kier molecular flexibility index (Phi) is 2.52. The zero-order chi connectivity index (χ0) is 13.0. The quantitative estimate of drug-likeness (QED) is 0.632. The van der Waals surface area contributed by atoms with E-state index in [1.54, 1.807) is 0 Å². The molecule has 3 heteroatoms. The van der Waals surface area contributed by atoms with Crippen molar-refractivity contribution in [2.75, 3.05) is 6.61 Å². The number of epoxide rings is 1. The lowest BCUT2D eigenvalue weighted by molar-refractivity contribution is -0.114. The lowest BCUT2D eigenvalue weighted by atomic mass is 9.74. The number of aldehydes is 1. The summed E-state index contributed by atoms with van der Waals surface area (Å²) < 4.78 is 6.76. The van der Waals surface area contributed by atoms with Crippen LogP contribution in [0.15, 0.2) is 40.9 Å². The predicted molar refractivity (Wildman–Crippen MR) is 76.0 cm³/mol. The molecule has 1 saturated heterocycles. The highest BCUT2D eigenvalue weighted by molar-refractivity contribution is 9.11. The molecule has 0 amide bonds. The molecule has 0 N–H and O–H groups in total. The van der Waals surface area contributed by atoms with Gasteiger partial charge in [-0.25, -0.2) is 0 Å². The first-order chi connectivity index (χ1) is 9.25. The standard InChI is InChI=1S/C16H15BrO2/c17-14-7-12-11(10-4-2-1-3-5-10)6-13(15(12)14)16(8-18)9-19-16/h1-5,7-8,11-13,15H,6,9H2/t11?,12?,13?,15?,16-/m0/s1. The molecular weight excluding hydrogens is 304 g/mol. The maximum absolute atomic E-state index is 11.3. The summed E-state index contributed by atoms with van der Waals surface area (Å²) in [4.78, 5) is 11.3. The smallest absolute Gasteiger partial charge is 0.154 e. The first-order valence-electron chi connectivity index (χ1n) is 6.77. The fourth-order valence-electron chi connectivity index (χ4n) is 3.88. The summed E-state index contributed by atoms with van der Waals surface area (Å²) in [6.45, 7) is 0.603. The second-order valence-electron chi connectivity index (χ2n) is 5.88. The molecule has 1 saturated carbocycles. The Morgan fingerprint density at radius 3 is 2.63 bits per heavy atom. The predicted octanol–water partition coefficient (Wildman–Crippen LogP) is 3.28. The van der Waals surface area contributed by atoms with Gasteiger partial charge in [0.25, 0.3) is 0 Å². The summed E-state index contributed by atoms with van der Waals surface area (Å²) in [5.74, 6) is 1.89. The Bertz CT molecular complexity index is 547. The molecule has 19 heavy (non-hydrogen) atoms. The van der Waals surface area contributed by atoms with Crippen molar-refractivity contribution in [1.29, 1.82) is 0 Å². The van der Waals surface area contributed by atoms with Gasteiger partial charge in [-0.05, 0) is 28.3 Å². The van der Waals surface area contributed by atoms with Gasteiger partial charge in [0.05, 0.1) is 6.61 Å². The first-order valence-corrected chi connectivity index (χ1v) is 7.57. The average Bonchev–Trinajstić information content (AvgIpc) is 3.17. The summed E-state index contributed by atoms with van der Waals surface area (Å²) in [5, 5.41) is 0. The number of carbonyl (C=O) groups is 1. The van der Waals surface area contributed by atoms with Crippen LogP contribution in [0, 0.1) is 17.8 Å². The summed E-state index contributed by atoms with van der Waals surface area (Å²) in [6.07, 6.45) is 4.38. The van der Waals surface area contributed by atoms with E-state index in [9.17, 15) is 4.79 Å². The van der Waals surface area contributed by atoms with Crippen LogP contribution in [0.25, 0.3) is 0 Å². The minimum atomic E-state index is -0.486. The van der Waals surface area contributed by atoms with E-state index in [-0.39, 0.29) is 0 Å². The fourth-order valence-corrected chi connectivity index (χ4v) is 4.81. The molecule has 0 spiro atoms. The van der Waals surface area contributed by atoms with E-state index in [1.165, 1.54) is 10.0 Å². The topological polar surface area (TPSA) is 29.6 Å². The molecule has 4 rings (SSSR count). The zero-order valence-electron chi connectivity index (χ0n) is 10.5. The minimum absolute atomic E-state index is 0.333. The van der Waals surface area contributed by atoms with Gasteiger partial charge in [-0.15, -0.1) is 0 Å². The maximum Gasteiger partial charge on any atom is 0.154 e. The van der Waals surface area contributed by atoms with Crippen LogP contribution in [0.2, 0.25) is 0 Å². The molecule has 0 aromatic heterocycles. The molecule has 2 aliphatic carbocycles. The Morgan fingerprint density at radius 2 is 2.05 bits per heavy atom. The van der Waals surface area contributed by atoms with E-state index in [1.807, 2.05) is 0 Å². The largest absolute Gasteiger partial charge is 0.361 e. The highest BCUT2D eigenvalue weighted by atomic mass is 79.9. The van der Waals surface area contributed by atoms with E-state index >= 15 is 0 Å². The van der Waals surface area contributed by atoms with Gasteiger partial charge in [-0.3, -0.25) is 0 Å². The molecular formula is C16H15BrO2. The fraction of sp³-hybridized carbons (Fsp3) is 0.438. The Hall–Kier alpha value is -0.930. The second-order valence-corrected chi connectivity index (χ2v) is 6.79. The molecule has 4 unspecified atom stereocenters. The molecule has 3 aliphatic rings. The van der Waals surface area contributed by atoms with E-state index in [2.05, 4.69) is 52.3 Å². The van der Waals surface area contributed by atoms with E-state index in [4.69, 9.17) is 4.74 Å². The number of hydrogen-bond donors (Lipinski definition) is 0. The summed E-state index contributed by atoms with van der Waals surface area (Å²) in [7, 11) is 0. The lowest BCUT2D eigenvalue weighted by Crippen LogP contribution is -2.34. The molecule has 1 heterocycles. The normalized spacial score (nSPS) is 43.1. The van der Waals surface area contributed by atoms with Gasteiger partial charge in [0.1, 0.15) is 5.60 Å². The monoisotopic (exact) mass is 318 g/mol. The van der Waals surface area contributed by atoms with Crippen LogP contribution in [-0.4, -0.2) is 18.5 Å². The van der Waals surface area contributed by atoms with Crippen LogP contribution in [0.3, 0.4) is 0 Å². The van der Waals surface area contributed by atoms with Crippen LogP contribution in [-0.2, 0) is 9.53 Å². The van der Waals surface area contributed by atoms with Crippen molar-refractivity contribution < 1.29 is 9.53 Å². The van der Waals surface area contributed by atoms with Crippen molar-refractivity contribution in [2.45, 2.75) is 17.9 Å². The lowest BCUT2D eigenvalue weighted by Gasteiger charge is -2.34.